The van der Waals surface area contributed by atoms with E-state index in [1.807, 2.05) is 0 Å². The molecule has 4 rings (SSSR count). The fourth-order valence-electron chi connectivity index (χ4n) is 4.44. The molecular weight excluding hydrogens is 264 g/mol. The van der Waals surface area contributed by atoms with Crippen molar-refractivity contribution >= 4 is 0 Å². The molecule has 3 aliphatic rings. The van der Waals surface area contributed by atoms with E-state index in [1.165, 1.54) is 11.1 Å². The van der Waals surface area contributed by atoms with Gasteiger partial charge < -0.3 is 14.6 Å². The fraction of sp³-hybridized carbons (Fsp3) is 0.667. The zero-order chi connectivity index (χ0) is 14.3. The average Bonchev–Trinajstić information content (AvgIpc) is 3.13. The molecule has 0 amide bonds. The van der Waals surface area contributed by atoms with E-state index in [-0.39, 0.29) is 11.7 Å². The van der Waals surface area contributed by atoms with Crippen molar-refractivity contribution < 1.29 is 14.6 Å². The van der Waals surface area contributed by atoms with Crippen molar-refractivity contribution in [3.05, 3.63) is 35.4 Å². The van der Waals surface area contributed by atoms with Crippen LogP contribution in [0.4, 0.5) is 0 Å². The van der Waals surface area contributed by atoms with Gasteiger partial charge in [0.2, 0.25) is 0 Å². The topological polar surface area (TPSA) is 38.7 Å². The number of aliphatic hydroxyl groups excluding tert-OH is 1. The molecule has 0 aromatic heterocycles. The van der Waals surface area contributed by atoms with Gasteiger partial charge in [0.1, 0.15) is 0 Å². The van der Waals surface area contributed by atoms with E-state index in [2.05, 4.69) is 24.3 Å². The maximum Gasteiger partial charge on any atom is 0.0940 e. The number of ether oxygens (including phenoxy) is 2. The summed E-state index contributed by atoms with van der Waals surface area (Å²) in [5.41, 5.74) is 2.75. The Labute approximate surface area is 126 Å². The number of hydrogen-bond donors (Lipinski definition) is 1. The second-order valence-electron chi connectivity index (χ2n) is 7.01. The molecule has 3 atom stereocenters. The summed E-state index contributed by atoms with van der Waals surface area (Å²) < 4.78 is 11.5. The molecule has 0 radical (unpaired) electrons. The smallest absolute Gasteiger partial charge is 0.0940 e. The Morgan fingerprint density at radius 1 is 1.10 bits per heavy atom. The predicted molar refractivity (Wildman–Crippen MR) is 80.2 cm³/mol. The summed E-state index contributed by atoms with van der Waals surface area (Å²) in [7, 11) is 0. The maximum absolute atomic E-state index is 10.9. The molecule has 2 heterocycles. The first kappa shape index (κ1) is 13.7. The molecule has 1 aliphatic carbocycles. The van der Waals surface area contributed by atoms with Gasteiger partial charge in [-0.25, -0.2) is 0 Å². The van der Waals surface area contributed by atoms with Gasteiger partial charge >= 0.3 is 0 Å². The molecule has 114 valence electrons. The van der Waals surface area contributed by atoms with Crippen LogP contribution in [0.3, 0.4) is 0 Å². The van der Waals surface area contributed by atoms with E-state index in [4.69, 9.17) is 9.47 Å². The van der Waals surface area contributed by atoms with Gasteiger partial charge in [-0.05, 0) is 48.6 Å². The predicted octanol–water partition coefficient (Wildman–Crippen LogP) is 2.35. The molecule has 1 N–H and O–H groups in total. The number of benzene rings is 1. The van der Waals surface area contributed by atoms with Crippen LogP contribution in [0.2, 0.25) is 0 Å². The molecule has 0 bridgehead atoms. The molecule has 1 spiro atoms. The van der Waals surface area contributed by atoms with Crippen molar-refractivity contribution in [3.8, 4) is 0 Å². The minimum absolute atomic E-state index is 0.102. The van der Waals surface area contributed by atoms with Crippen molar-refractivity contribution in [2.45, 2.75) is 43.8 Å². The number of hydrogen-bond acceptors (Lipinski definition) is 3. The van der Waals surface area contributed by atoms with Gasteiger partial charge in [0.05, 0.1) is 18.3 Å². The highest BCUT2D eigenvalue weighted by Crippen LogP contribution is 2.40. The summed E-state index contributed by atoms with van der Waals surface area (Å²) in [4.78, 5) is 0. The molecule has 21 heavy (non-hydrogen) atoms. The second kappa shape index (κ2) is 5.38. The van der Waals surface area contributed by atoms with Crippen molar-refractivity contribution in [2.24, 2.45) is 11.8 Å². The highest BCUT2D eigenvalue weighted by atomic mass is 16.6. The highest BCUT2D eigenvalue weighted by Gasteiger charge is 2.44. The molecule has 3 heteroatoms. The summed E-state index contributed by atoms with van der Waals surface area (Å²) >= 11 is 0. The maximum atomic E-state index is 10.9. The van der Waals surface area contributed by atoms with Crippen LogP contribution in [0, 0.1) is 11.8 Å². The molecule has 2 fully saturated rings. The van der Waals surface area contributed by atoms with E-state index in [0.29, 0.717) is 18.4 Å². The quantitative estimate of drug-likeness (QED) is 0.908. The van der Waals surface area contributed by atoms with Gasteiger partial charge in [0.15, 0.2) is 0 Å². The number of fused-ring (bicyclic) bond motifs is 1. The summed E-state index contributed by atoms with van der Waals surface area (Å²) in [5.74, 6) is 0.740. The Hall–Kier alpha value is -0.900. The lowest BCUT2D eigenvalue weighted by molar-refractivity contribution is -0.122. The van der Waals surface area contributed by atoms with Gasteiger partial charge in [-0.1, -0.05) is 24.3 Å². The Morgan fingerprint density at radius 2 is 1.86 bits per heavy atom. The zero-order valence-corrected chi connectivity index (χ0v) is 12.5. The van der Waals surface area contributed by atoms with Crippen LogP contribution in [0.25, 0.3) is 0 Å². The number of aliphatic hydroxyl groups is 1. The van der Waals surface area contributed by atoms with Gasteiger partial charge in [-0.3, -0.25) is 0 Å². The summed E-state index contributed by atoms with van der Waals surface area (Å²) in [6.45, 7) is 2.28. The van der Waals surface area contributed by atoms with Crippen LogP contribution >= 0.6 is 0 Å². The lowest BCUT2D eigenvalue weighted by Crippen LogP contribution is -2.45. The Bertz CT molecular complexity index is 482. The molecule has 3 nitrogen and oxygen atoms in total. The van der Waals surface area contributed by atoms with Crippen LogP contribution in [0.1, 0.15) is 30.4 Å². The third kappa shape index (κ3) is 2.52. The summed E-state index contributed by atoms with van der Waals surface area (Å²) in [6, 6.07) is 8.62. The minimum atomic E-state index is -0.209. The lowest BCUT2D eigenvalue weighted by Gasteiger charge is -2.40. The normalized spacial score (nSPS) is 34.2. The molecule has 2 saturated heterocycles. The largest absolute Gasteiger partial charge is 0.393 e. The van der Waals surface area contributed by atoms with E-state index < -0.39 is 0 Å². The van der Waals surface area contributed by atoms with Crippen LogP contribution in [-0.2, 0) is 22.3 Å². The summed E-state index contributed by atoms with van der Waals surface area (Å²) in [6.07, 6.45) is 4.77. The van der Waals surface area contributed by atoms with E-state index in [0.717, 1.165) is 45.3 Å². The Kier molecular flexibility index (Phi) is 3.52. The lowest BCUT2D eigenvalue weighted by atomic mass is 9.78. The second-order valence-corrected chi connectivity index (χ2v) is 7.01. The summed E-state index contributed by atoms with van der Waals surface area (Å²) in [5, 5.41) is 10.9. The molecule has 1 aromatic carbocycles. The SMILES string of the molecule is OC(C1Cc2ccccc2C1)C1CCOC2(CCOC2)C1. The Morgan fingerprint density at radius 3 is 2.52 bits per heavy atom. The number of rotatable bonds is 2. The molecule has 1 aromatic rings. The van der Waals surface area contributed by atoms with E-state index in [1.54, 1.807) is 0 Å². The fourth-order valence-corrected chi connectivity index (χ4v) is 4.44. The highest BCUT2D eigenvalue weighted by molar-refractivity contribution is 5.32. The third-order valence-corrected chi connectivity index (χ3v) is 5.65. The first-order chi connectivity index (χ1) is 10.3. The third-order valence-electron chi connectivity index (χ3n) is 5.65. The van der Waals surface area contributed by atoms with Gasteiger partial charge in [-0.15, -0.1) is 0 Å². The van der Waals surface area contributed by atoms with Crippen molar-refractivity contribution in [1.29, 1.82) is 0 Å². The van der Waals surface area contributed by atoms with E-state index in [9.17, 15) is 5.11 Å². The van der Waals surface area contributed by atoms with Crippen LogP contribution in [0.5, 0.6) is 0 Å². The van der Waals surface area contributed by atoms with Crippen LogP contribution < -0.4 is 0 Å². The minimum Gasteiger partial charge on any atom is -0.393 e. The van der Waals surface area contributed by atoms with Crippen molar-refractivity contribution in [1.82, 2.24) is 0 Å². The van der Waals surface area contributed by atoms with E-state index >= 15 is 0 Å². The molecule has 2 aliphatic heterocycles. The first-order valence-corrected chi connectivity index (χ1v) is 8.22. The monoisotopic (exact) mass is 288 g/mol. The average molecular weight is 288 g/mol. The van der Waals surface area contributed by atoms with Crippen LogP contribution in [-0.4, -0.2) is 36.6 Å². The van der Waals surface area contributed by atoms with Gasteiger partial charge in [0, 0.05) is 19.6 Å². The molecular formula is C18H24O3. The van der Waals surface area contributed by atoms with Crippen LogP contribution in [0.15, 0.2) is 24.3 Å². The van der Waals surface area contributed by atoms with Gasteiger partial charge in [0.25, 0.3) is 0 Å². The standard InChI is InChI=1S/C18H24O3/c19-17(16-9-13-3-1-2-4-14(13)10-16)15-5-7-21-18(11-15)6-8-20-12-18/h1-4,15-17,19H,5-12H2. The molecule has 0 saturated carbocycles. The molecule has 3 unspecified atom stereocenters. The van der Waals surface area contributed by atoms with Crippen molar-refractivity contribution in [2.75, 3.05) is 19.8 Å². The van der Waals surface area contributed by atoms with Crippen molar-refractivity contribution in [3.63, 3.8) is 0 Å². The zero-order valence-electron chi connectivity index (χ0n) is 12.5. The van der Waals surface area contributed by atoms with Gasteiger partial charge in [-0.2, -0.15) is 0 Å². The Balaban J connectivity index is 1.45. The first-order valence-electron chi connectivity index (χ1n) is 8.22.